The molecular formula is C14H20F3NO5. The van der Waals surface area contributed by atoms with Crippen molar-refractivity contribution in [2.75, 3.05) is 20.8 Å². The van der Waals surface area contributed by atoms with Gasteiger partial charge in [0.2, 0.25) is 5.72 Å². The van der Waals surface area contributed by atoms with Crippen LogP contribution in [0, 0.1) is 11.8 Å². The Kier molecular flexibility index (Phi) is 5.35. The molecule has 0 saturated carbocycles. The maximum atomic E-state index is 13.5. The number of hydrogen-bond donors (Lipinski definition) is 1. The van der Waals surface area contributed by atoms with Crippen LogP contribution in [0.15, 0.2) is 11.3 Å². The number of hydrogen-bond acceptors (Lipinski definition) is 6. The zero-order valence-electron chi connectivity index (χ0n) is 13.5. The lowest BCUT2D eigenvalue weighted by molar-refractivity contribution is -0.331. The van der Waals surface area contributed by atoms with Gasteiger partial charge in [-0.15, -0.1) is 0 Å². The molecule has 9 heteroatoms. The van der Waals surface area contributed by atoms with Crippen molar-refractivity contribution in [2.24, 2.45) is 11.8 Å². The highest BCUT2D eigenvalue weighted by Gasteiger charge is 2.68. The number of esters is 2. The fraction of sp³-hybridized carbons (Fsp3) is 0.714. The third-order valence-electron chi connectivity index (χ3n) is 4.16. The molecule has 1 aliphatic heterocycles. The van der Waals surface area contributed by atoms with E-state index in [1.165, 1.54) is 20.8 Å². The molecule has 1 N–H and O–H groups in total. The lowest BCUT2D eigenvalue weighted by Gasteiger charge is -2.49. The third kappa shape index (κ3) is 2.89. The van der Waals surface area contributed by atoms with Gasteiger partial charge in [-0.25, -0.2) is 4.79 Å². The van der Waals surface area contributed by atoms with E-state index in [9.17, 15) is 27.9 Å². The van der Waals surface area contributed by atoms with Crippen LogP contribution in [0.2, 0.25) is 0 Å². The van der Waals surface area contributed by atoms with Crippen LogP contribution >= 0.6 is 0 Å². The maximum absolute atomic E-state index is 13.5. The van der Waals surface area contributed by atoms with E-state index in [4.69, 9.17) is 0 Å². The van der Waals surface area contributed by atoms with E-state index in [0.29, 0.717) is 4.90 Å². The zero-order chi connectivity index (χ0) is 18.2. The topological polar surface area (TPSA) is 76.1 Å². The van der Waals surface area contributed by atoms with Gasteiger partial charge in [-0.3, -0.25) is 4.79 Å². The molecule has 132 valence electrons. The number of carbonyl (C=O) groups is 2. The highest BCUT2D eigenvalue weighted by molar-refractivity contribution is 5.91. The smallest absolute Gasteiger partial charge is 0.437 e. The van der Waals surface area contributed by atoms with E-state index < -0.39 is 35.7 Å². The van der Waals surface area contributed by atoms with E-state index in [1.807, 2.05) is 0 Å². The standard InChI is InChI=1S/C14H20F3NO5/c1-6-23-12(20)10-7(2)9(11(19)22-5)8(3)18(4)13(10,21)14(15,16)17/h7,10,21H,6H2,1-5H3. The Morgan fingerprint density at radius 3 is 2.30 bits per heavy atom. The Morgan fingerprint density at radius 1 is 1.39 bits per heavy atom. The van der Waals surface area contributed by atoms with Gasteiger partial charge in [0.1, 0.15) is 5.92 Å². The first kappa shape index (κ1) is 19.3. The van der Waals surface area contributed by atoms with Gasteiger partial charge in [0, 0.05) is 18.7 Å². The Balaban J connectivity index is 3.61. The summed E-state index contributed by atoms with van der Waals surface area (Å²) in [6, 6.07) is 0. The number of halogens is 3. The normalized spacial score (nSPS) is 28.7. The zero-order valence-corrected chi connectivity index (χ0v) is 13.5. The van der Waals surface area contributed by atoms with Crippen LogP contribution in [0.5, 0.6) is 0 Å². The first-order chi connectivity index (χ1) is 10.4. The maximum Gasteiger partial charge on any atom is 0.437 e. The van der Waals surface area contributed by atoms with Crippen LogP contribution < -0.4 is 0 Å². The van der Waals surface area contributed by atoms with Gasteiger partial charge < -0.3 is 19.5 Å². The molecule has 1 rings (SSSR count). The monoisotopic (exact) mass is 339 g/mol. The van der Waals surface area contributed by atoms with Crippen LogP contribution in [-0.2, 0) is 19.1 Å². The molecular weight excluding hydrogens is 319 g/mol. The molecule has 0 spiro atoms. The van der Waals surface area contributed by atoms with E-state index >= 15 is 0 Å². The molecule has 0 aliphatic carbocycles. The van der Waals surface area contributed by atoms with Gasteiger partial charge in [-0.05, 0) is 13.8 Å². The van der Waals surface area contributed by atoms with E-state index in [0.717, 1.165) is 14.2 Å². The van der Waals surface area contributed by atoms with Gasteiger partial charge in [0.25, 0.3) is 0 Å². The molecule has 0 fully saturated rings. The molecule has 0 aromatic carbocycles. The number of ether oxygens (including phenoxy) is 2. The lowest BCUT2D eigenvalue weighted by Crippen LogP contribution is -2.67. The molecule has 0 aromatic heterocycles. The van der Waals surface area contributed by atoms with Crippen LogP contribution in [0.1, 0.15) is 20.8 Å². The highest BCUT2D eigenvalue weighted by Crippen LogP contribution is 2.49. The highest BCUT2D eigenvalue weighted by atomic mass is 19.4. The Labute approximate surface area is 131 Å². The van der Waals surface area contributed by atoms with Crippen LogP contribution in [0.3, 0.4) is 0 Å². The molecule has 1 aliphatic rings. The summed E-state index contributed by atoms with van der Waals surface area (Å²) in [7, 11) is 2.04. The van der Waals surface area contributed by atoms with Gasteiger partial charge in [0.15, 0.2) is 0 Å². The molecule has 6 nitrogen and oxygen atoms in total. The molecule has 23 heavy (non-hydrogen) atoms. The Bertz CT molecular complexity index is 531. The molecule has 0 radical (unpaired) electrons. The second-order valence-electron chi connectivity index (χ2n) is 5.29. The summed E-state index contributed by atoms with van der Waals surface area (Å²) in [5.74, 6) is -5.37. The lowest BCUT2D eigenvalue weighted by atomic mass is 9.74. The molecule has 3 atom stereocenters. The largest absolute Gasteiger partial charge is 0.466 e. The van der Waals surface area contributed by atoms with Crippen molar-refractivity contribution < 1.29 is 37.3 Å². The minimum Gasteiger partial charge on any atom is -0.466 e. The van der Waals surface area contributed by atoms with E-state index in [2.05, 4.69) is 9.47 Å². The van der Waals surface area contributed by atoms with Gasteiger partial charge in [-0.1, -0.05) is 6.92 Å². The quantitative estimate of drug-likeness (QED) is 0.785. The Hall–Kier alpha value is -1.77. The third-order valence-corrected chi connectivity index (χ3v) is 4.16. The fourth-order valence-corrected chi connectivity index (χ4v) is 2.90. The van der Waals surface area contributed by atoms with Crippen molar-refractivity contribution >= 4 is 11.9 Å². The Morgan fingerprint density at radius 2 is 1.91 bits per heavy atom. The molecule has 3 unspecified atom stereocenters. The van der Waals surface area contributed by atoms with Crippen molar-refractivity contribution in [1.29, 1.82) is 0 Å². The van der Waals surface area contributed by atoms with Crippen molar-refractivity contribution in [3.63, 3.8) is 0 Å². The first-order valence-electron chi connectivity index (χ1n) is 6.93. The predicted octanol–water partition coefficient (Wildman–Crippen LogP) is 1.45. The molecule has 1 heterocycles. The summed E-state index contributed by atoms with van der Waals surface area (Å²) in [6.07, 6.45) is -5.14. The minimum absolute atomic E-state index is 0.109. The number of rotatable bonds is 3. The SMILES string of the molecule is CCOC(=O)C1C(C)C(C(=O)OC)=C(C)N(C)C1(O)C(F)(F)F. The summed E-state index contributed by atoms with van der Waals surface area (Å²) < 4.78 is 49.9. The molecule has 0 aromatic rings. The number of methoxy groups -OCH3 is 1. The molecule has 0 saturated heterocycles. The summed E-state index contributed by atoms with van der Waals surface area (Å²) in [5, 5.41) is 10.4. The average molecular weight is 339 g/mol. The van der Waals surface area contributed by atoms with Crippen molar-refractivity contribution in [2.45, 2.75) is 32.7 Å². The summed E-state index contributed by atoms with van der Waals surface area (Å²) in [4.78, 5) is 24.5. The van der Waals surface area contributed by atoms with Gasteiger partial charge in [0.05, 0.1) is 19.3 Å². The van der Waals surface area contributed by atoms with Crippen LogP contribution in [0.25, 0.3) is 0 Å². The van der Waals surface area contributed by atoms with E-state index in [1.54, 1.807) is 0 Å². The average Bonchev–Trinajstić information content (AvgIpc) is 2.44. The number of nitrogens with zero attached hydrogens (tertiary/aromatic N) is 1. The van der Waals surface area contributed by atoms with Crippen molar-refractivity contribution in [3.05, 3.63) is 11.3 Å². The van der Waals surface area contributed by atoms with Crippen LogP contribution in [-0.4, -0.2) is 54.6 Å². The number of allylic oxidation sites excluding steroid dienone is 1. The second-order valence-corrected chi connectivity index (χ2v) is 5.29. The molecule has 0 amide bonds. The first-order valence-corrected chi connectivity index (χ1v) is 6.93. The summed E-state index contributed by atoms with van der Waals surface area (Å²) in [6.45, 7) is 3.78. The minimum atomic E-state index is -5.14. The number of aliphatic hydroxyl groups is 1. The molecule has 0 bridgehead atoms. The van der Waals surface area contributed by atoms with E-state index in [-0.39, 0.29) is 17.9 Å². The summed E-state index contributed by atoms with van der Waals surface area (Å²) >= 11 is 0. The van der Waals surface area contributed by atoms with Gasteiger partial charge >= 0.3 is 18.1 Å². The summed E-state index contributed by atoms with van der Waals surface area (Å²) in [5.41, 5.74) is -3.72. The fourth-order valence-electron chi connectivity index (χ4n) is 2.90. The van der Waals surface area contributed by atoms with Crippen LogP contribution in [0.4, 0.5) is 13.2 Å². The predicted molar refractivity (Wildman–Crippen MR) is 72.8 cm³/mol. The second kappa shape index (κ2) is 6.38. The van der Waals surface area contributed by atoms with Crippen molar-refractivity contribution in [3.8, 4) is 0 Å². The van der Waals surface area contributed by atoms with Crippen molar-refractivity contribution in [1.82, 2.24) is 4.90 Å². The van der Waals surface area contributed by atoms with Gasteiger partial charge in [-0.2, -0.15) is 13.2 Å². The number of carbonyl (C=O) groups excluding carboxylic acids is 2. The number of alkyl halides is 3.